The summed E-state index contributed by atoms with van der Waals surface area (Å²) in [5.74, 6) is -0.840. The van der Waals surface area contributed by atoms with Crippen LogP contribution in [0.25, 0.3) is 0 Å². The van der Waals surface area contributed by atoms with E-state index < -0.39 is 28.5 Å². The highest BCUT2D eigenvalue weighted by atomic mass is 79.9. The summed E-state index contributed by atoms with van der Waals surface area (Å²) >= 11 is 3.49. The molecule has 0 saturated carbocycles. The lowest BCUT2D eigenvalue weighted by Gasteiger charge is -2.34. The topological polar surface area (TPSA) is 86.8 Å². The lowest BCUT2D eigenvalue weighted by molar-refractivity contribution is -0.139. The Balaban J connectivity index is 1.82. The molecule has 4 aromatic carbocycles. The van der Waals surface area contributed by atoms with Gasteiger partial charge in [0.2, 0.25) is 11.8 Å². The first kappa shape index (κ1) is 32.0. The molecule has 0 aliphatic heterocycles. The molecular formula is C34H36BrN3O4S. The summed E-state index contributed by atoms with van der Waals surface area (Å²) in [6, 6.07) is 28.2. The van der Waals surface area contributed by atoms with Crippen molar-refractivity contribution in [1.82, 2.24) is 10.2 Å². The molecule has 224 valence electrons. The van der Waals surface area contributed by atoms with E-state index in [1.54, 1.807) is 30.3 Å². The van der Waals surface area contributed by atoms with Gasteiger partial charge in [-0.05, 0) is 73.4 Å². The molecule has 0 aliphatic carbocycles. The summed E-state index contributed by atoms with van der Waals surface area (Å²) in [5.41, 5.74) is 4.57. The third kappa shape index (κ3) is 7.91. The quantitative estimate of drug-likeness (QED) is 0.215. The summed E-state index contributed by atoms with van der Waals surface area (Å²) in [6.45, 7) is 5.19. The van der Waals surface area contributed by atoms with Crippen LogP contribution in [-0.4, -0.2) is 44.8 Å². The molecule has 0 spiro atoms. The number of rotatable bonds is 11. The van der Waals surface area contributed by atoms with Gasteiger partial charge in [0.15, 0.2) is 0 Å². The number of carbonyl (C=O) groups is 2. The molecule has 43 heavy (non-hydrogen) atoms. The molecule has 0 aliphatic rings. The van der Waals surface area contributed by atoms with Crippen LogP contribution in [0.3, 0.4) is 0 Å². The van der Waals surface area contributed by atoms with Gasteiger partial charge in [-0.1, -0.05) is 88.2 Å². The number of hydrogen-bond donors (Lipinski definition) is 1. The van der Waals surface area contributed by atoms with Crippen LogP contribution in [0.1, 0.15) is 27.8 Å². The van der Waals surface area contributed by atoms with E-state index in [0.717, 1.165) is 26.7 Å². The third-order valence-corrected chi connectivity index (χ3v) is 9.55. The molecule has 2 amide bonds. The van der Waals surface area contributed by atoms with Crippen molar-refractivity contribution in [2.24, 2.45) is 0 Å². The van der Waals surface area contributed by atoms with Gasteiger partial charge in [-0.15, -0.1) is 0 Å². The highest BCUT2D eigenvalue weighted by Gasteiger charge is 2.34. The van der Waals surface area contributed by atoms with Gasteiger partial charge in [-0.25, -0.2) is 8.42 Å². The summed E-state index contributed by atoms with van der Waals surface area (Å²) in [6.07, 6.45) is 0.258. The summed E-state index contributed by atoms with van der Waals surface area (Å²) in [7, 11) is -2.62. The molecule has 4 rings (SSSR count). The predicted molar refractivity (Wildman–Crippen MR) is 174 cm³/mol. The smallest absolute Gasteiger partial charge is 0.264 e. The van der Waals surface area contributed by atoms with Gasteiger partial charge in [0.1, 0.15) is 12.6 Å². The van der Waals surface area contributed by atoms with Crippen molar-refractivity contribution in [1.29, 1.82) is 0 Å². The molecule has 7 nitrogen and oxygen atoms in total. The first-order chi connectivity index (χ1) is 20.5. The number of likely N-dealkylation sites (N-methyl/N-ethyl adjacent to an activating group) is 1. The standard InChI is InChI=1S/C34H36BrN3O4S/c1-24-14-17-30(18-15-24)43(41,42)38(31-19-25(2)13-16-26(31)3)23-33(39)37(22-28-11-8-12-29(35)20-28)32(34(40)36-4)21-27-9-6-5-7-10-27/h5-20,32H,21-23H2,1-4H3,(H,36,40). The highest BCUT2D eigenvalue weighted by molar-refractivity contribution is 9.10. The van der Waals surface area contributed by atoms with E-state index in [4.69, 9.17) is 0 Å². The average molecular weight is 663 g/mol. The number of carbonyl (C=O) groups excluding carboxylic acids is 2. The second-order valence-electron chi connectivity index (χ2n) is 10.6. The number of nitrogens with one attached hydrogen (secondary N) is 1. The molecule has 0 fully saturated rings. The average Bonchev–Trinajstić information content (AvgIpc) is 2.99. The highest BCUT2D eigenvalue weighted by Crippen LogP contribution is 2.29. The largest absolute Gasteiger partial charge is 0.357 e. The third-order valence-electron chi connectivity index (χ3n) is 7.28. The lowest BCUT2D eigenvalue weighted by atomic mass is 10.0. The van der Waals surface area contributed by atoms with Crippen LogP contribution in [0.2, 0.25) is 0 Å². The number of halogens is 1. The molecule has 0 radical (unpaired) electrons. The SMILES string of the molecule is CNC(=O)C(Cc1ccccc1)N(Cc1cccc(Br)c1)C(=O)CN(c1cc(C)ccc1C)S(=O)(=O)c1ccc(C)cc1. The van der Waals surface area contributed by atoms with Crippen molar-refractivity contribution in [3.63, 3.8) is 0 Å². The predicted octanol–water partition coefficient (Wildman–Crippen LogP) is 5.96. The number of nitrogens with zero attached hydrogens (tertiary/aromatic N) is 2. The van der Waals surface area contributed by atoms with Crippen molar-refractivity contribution >= 4 is 43.5 Å². The van der Waals surface area contributed by atoms with Crippen LogP contribution < -0.4 is 9.62 Å². The first-order valence-electron chi connectivity index (χ1n) is 14.0. The Labute approximate surface area is 262 Å². The maximum Gasteiger partial charge on any atom is 0.264 e. The van der Waals surface area contributed by atoms with Crippen LogP contribution in [0.4, 0.5) is 5.69 Å². The maximum atomic E-state index is 14.4. The van der Waals surface area contributed by atoms with Crippen molar-refractivity contribution in [2.75, 3.05) is 17.9 Å². The van der Waals surface area contributed by atoms with E-state index in [1.807, 2.05) is 87.5 Å². The zero-order valence-corrected chi connectivity index (χ0v) is 27.2. The molecule has 0 heterocycles. The van der Waals surface area contributed by atoms with Gasteiger partial charge < -0.3 is 10.2 Å². The van der Waals surface area contributed by atoms with Crippen molar-refractivity contribution in [2.45, 2.75) is 44.7 Å². The first-order valence-corrected chi connectivity index (χ1v) is 16.2. The van der Waals surface area contributed by atoms with Crippen LogP contribution in [-0.2, 0) is 32.6 Å². The van der Waals surface area contributed by atoms with Crippen LogP contribution >= 0.6 is 15.9 Å². The molecular weight excluding hydrogens is 626 g/mol. The fraction of sp³-hybridized carbons (Fsp3) is 0.235. The van der Waals surface area contributed by atoms with Gasteiger partial charge in [0, 0.05) is 24.5 Å². The lowest BCUT2D eigenvalue weighted by Crippen LogP contribution is -2.53. The van der Waals surface area contributed by atoms with E-state index in [9.17, 15) is 18.0 Å². The van der Waals surface area contributed by atoms with Gasteiger partial charge in [0.25, 0.3) is 10.0 Å². The van der Waals surface area contributed by atoms with Gasteiger partial charge >= 0.3 is 0 Å². The fourth-order valence-electron chi connectivity index (χ4n) is 4.89. The minimum absolute atomic E-state index is 0.0810. The second kappa shape index (κ2) is 14.0. The van der Waals surface area contributed by atoms with Gasteiger partial charge in [-0.2, -0.15) is 0 Å². The molecule has 9 heteroatoms. The Morgan fingerprint density at radius 3 is 2.12 bits per heavy atom. The normalized spacial score (nSPS) is 11.9. The zero-order valence-electron chi connectivity index (χ0n) is 24.7. The van der Waals surface area contributed by atoms with Crippen molar-refractivity contribution in [3.05, 3.63) is 129 Å². The van der Waals surface area contributed by atoms with Crippen LogP contribution in [0, 0.1) is 20.8 Å². The molecule has 0 aromatic heterocycles. The minimum Gasteiger partial charge on any atom is -0.357 e. The van der Waals surface area contributed by atoms with E-state index in [-0.39, 0.29) is 23.8 Å². The molecule has 1 N–H and O–H groups in total. The van der Waals surface area contributed by atoms with E-state index in [2.05, 4.69) is 21.2 Å². The summed E-state index contributed by atoms with van der Waals surface area (Å²) in [4.78, 5) is 29.4. The number of aryl methyl sites for hydroxylation is 3. The Kier molecular flexibility index (Phi) is 10.4. The molecule has 0 bridgehead atoms. The minimum atomic E-state index is -4.15. The number of benzene rings is 4. The molecule has 1 atom stereocenters. The number of hydrogen-bond acceptors (Lipinski definition) is 4. The zero-order chi connectivity index (χ0) is 31.1. The molecule has 1 unspecified atom stereocenters. The summed E-state index contributed by atoms with van der Waals surface area (Å²) in [5, 5.41) is 2.71. The maximum absolute atomic E-state index is 14.4. The Morgan fingerprint density at radius 1 is 0.814 bits per heavy atom. The van der Waals surface area contributed by atoms with Crippen molar-refractivity contribution in [3.8, 4) is 0 Å². The molecule has 0 saturated heterocycles. The number of anilines is 1. The van der Waals surface area contributed by atoms with Crippen LogP contribution in [0.15, 0.2) is 106 Å². The van der Waals surface area contributed by atoms with Crippen molar-refractivity contribution < 1.29 is 18.0 Å². The monoisotopic (exact) mass is 661 g/mol. The van der Waals surface area contributed by atoms with Crippen LogP contribution in [0.5, 0.6) is 0 Å². The second-order valence-corrected chi connectivity index (χ2v) is 13.4. The Bertz CT molecular complexity index is 1690. The number of sulfonamides is 1. The fourth-order valence-corrected chi connectivity index (χ4v) is 6.81. The van der Waals surface area contributed by atoms with E-state index in [1.165, 1.54) is 16.3 Å². The Morgan fingerprint density at radius 2 is 1.47 bits per heavy atom. The number of amides is 2. The van der Waals surface area contributed by atoms with Gasteiger partial charge in [-0.3, -0.25) is 13.9 Å². The van der Waals surface area contributed by atoms with E-state index in [0.29, 0.717) is 11.3 Å². The van der Waals surface area contributed by atoms with E-state index >= 15 is 0 Å². The summed E-state index contributed by atoms with van der Waals surface area (Å²) < 4.78 is 30.4. The van der Waals surface area contributed by atoms with Gasteiger partial charge in [0.05, 0.1) is 10.6 Å². The Hall–Kier alpha value is -3.95. The molecule has 4 aromatic rings.